The number of ether oxygens (including phenoxy) is 1. The lowest BCUT2D eigenvalue weighted by Crippen LogP contribution is -2.42. The molecule has 1 heterocycles. The van der Waals surface area contributed by atoms with Crippen molar-refractivity contribution in [2.45, 2.75) is 46.5 Å². The summed E-state index contributed by atoms with van der Waals surface area (Å²) in [5.74, 6) is 0.218. The number of nitrogens with zero attached hydrogens (tertiary/aromatic N) is 1. The van der Waals surface area contributed by atoms with Crippen molar-refractivity contribution in [2.24, 2.45) is 11.8 Å². The zero-order chi connectivity index (χ0) is 13.5. The molecular formula is C14H25NO3. The number of piperidine rings is 1. The van der Waals surface area contributed by atoms with Gasteiger partial charge in [0, 0.05) is 19.0 Å². The molecule has 1 saturated heterocycles. The number of carbonyl (C=O) groups excluding carboxylic acids is 2. The summed E-state index contributed by atoms with van der Waals surface area (Å²) >= 11 is 0. The van der Waals surface area contributed by atoms with Crippen LogP contribution in [0.1, 0.15) is 46.5 Å². The van der Waals surface area contributed by atoms with Crippen LogP contribution in [0.2, 0.25) is 0 Å². The molecule has 1 aliphatic rings. The third-order valence-corrected chi connectivity index (χ3v) is 3.57. The van der Waals surface area contributed by atoms with Crippen molar-refractivity contribution in [1.82, 2.24) is 4.90 Å². The van der Waals surface area contributed by atoms with Crippen LogP contribution in [-0.4, -0.2) is 36.5 Å². The highest BCUT2D eigenvalue weighted by atomic mass is 16.5. The van der Waals surface area contributed by atoms with Gasteiger partial charge in [0.2, 0.25) is 5.91 Å². The van der Waals surface area contributed by atoms with Crippen LogP contribution in [0, 0.1) is 11.8 Å². The average Bonchev–Trinajstić information content (AvgIpc) is 2.38. The van der Waals surface area contributed by atoms with Crippen molar-refractivity contribution < 1.29 is 14.3 Å². The Labute approximate surface area is 110 Å². The fourth-order valence-corrected chi connectivity index (χ4v) is 2.46. The van der Waals surface area contributed by atoms with Gasteiger partial charge in [-0.15, -0.1) is 0 Å². The number of rotatable bonds is 5. The van der Waals surface area contributed by atoms with Gasteiger partial charge in [-0.1, -0.05) is 20.3 Å². The van der Waals surface area contributed by atoms with Crippen LogP contribution in [0.25, 0.3) is 0 Å². The number of likely N-dealkylation sites (tertiary alicyclic amines) is 1. The molecule has 1 rings (SSSR count). The van der Waals surface area contributed by atoms with Gasteiger partial charge in [-0.2, -0.15) is 0 Å². The van der Waals surface area contributed by atoms with Gasteiger partial charge in [0.05, 0.1) is 12.5 Å². The molecule has 1 fully saturated rings. The molecule has 0 aromatic heterocycles. The van der Waals surface area contributed by atoms with E-state index in [9.17, 15) is 9.59 Å². The second kappa shape index (κ2) is 7.39. The Hall–Kier alpha value is -1.06. The summed E-state index contributed by atoms with van der Waals surface area (Å²) in [5.41, 5.74) is 0. The van der Waals surface area contributed by atoms with E-state index in [0.29, 0.717) is 19.7 Å². The molecule has 0 radical (unpaired) electrons. The van der Waals surface area contributed by atoms with Crippen molar-refractivity contribution in [1.29, 1.82) is 0 Å². The molecule has 0 aromatic carbocycles. The van der Waals surface area contributed by atoms with Gasteiger partial charge in [0.15, 0.2) is 0 Å². The van der Waals surface area contributed by atoms with E-state index >= 15 is 0 Å². The van der Waals surface area contributed by atoms with E-state index in [1.165, 1.54) is 0 Å². The summed E-state index contributed by atoms with van der Waals surface area (Å²) in [6.07, 6.45) is 3.45. The molecule has 4 nitrogen and oxygen atoms in total. The van der Waals surface area contributed by atoms with E-state index in [1.54, 1.807) is 0 Å². The lowest BCUT2D eigenvalue weighted by molar-refractivity contribution is -0.151. The number of carbonyl (C=O) groups is 2. The van der Waals surface area contributed by atoms with E-state index in [-0.39, 0.29) is 23.7 Å². The third-order valence-electron chi connectivity index (χ3n) is 3.57. The lowest BCUT2D eigenvalue weighted by atomic mass is 9.95. The Morgan fingerprint density at radius 3 is 2.39 bits per heavy atom. The minimum absolute atomic E-state index is 0.0181. The van der Waals surface area contributed by atoms with Crippen LogP contribution in [0.5, 0.6) is 0 Å². The monoisotopic (exact) mass is 255 g/mol. The Balaban J connectivity index is 2.39. The second-order valence-corrected chi connectivity index (χ2v) is 5.04. The average molecular weight is 255 g/mol. The number of esters is 1. The zero-order valence-corrected chi connectivity index (χ0v) is 11.8. The van der Waals surface area contributed by atoms with Gasteiger partial charge in [-0.05, 0) is 26.2 Å². The summed E-state index contributed by atoms with van der Waals surface area (Å²) in [5, 5.41) is 0. The van der Waals surface area contributed by atoms with Gasteiger partial charge in [-0.25, -0.2) is 0 Å². The molecular weight excluding hydrogens is 230 g/mol. The van der Waals surface area contributed by atoms with E-state index in [0.717, 1.165) is 25.7 Å². The van der Waals surface area contributed by atoms with E-state index < -0.39 is 0 Å². The van der Waals surface area contributed by atoms with Crippen LogP contribution in [0.3, 0.4) is 0 Å². The van der Waals surface area contributed by atoms with Gasteiger partial charge in [0.1, 0.15) is 0 Å². The van der Waals surface area contributed by atoms with Crippen molar-refractivity contribution >= 4 is 11.9 Å². The smallest absolute Gasteiger partial charge is 0.309 e. The molecule has 0 aromatic rings. The standard InChI is InChI=1S/C14H25NO3/c1-4-6-11(3)13(16)15-9-7-12(8-10-15)14(17)18-5-2/h11-12H,4-10H2,1-3H3/t11-/m1/s1. The maximum absolute atomic E-state index is 12.1. The molecule has 104 valence electrons. The molecule has 0 spiro atoms. The molecule has 1 amide bonds. The number of hydrogen-bond acceptors (Lipinski definition) is 3. The third kappa shape index (κ3) is 4.00. The molecule has 18 heavy (non-hydrogen) atoms. The van der Waals surface area contributed by atoms with Gasteiger partial charge < -0.3 is 9.64 Å². The summed E-state index contributed by atoms with van der Waals surface area (Å²) in [7, 11) is 0. The highest BCUT2D eigenvalue weighted by Gasteiger charge is 2.29. The van der Waals surface area contributed by atoms with Crippen LogP contribution < -0.4 is 0 Å². The van der Waals surface area contributed by atoms with E-state index in [1.807, 2.05) is 18.7 Å². The first kappa shape index (κ1) is 15.0. The normalized spacial score (nSPS) is 18.5. The van der Waals surface area contributed by atoms with Crippen LogP contribution in [0.15, 0.2) is 0 Å². The quantitative estimate of drug-likeness (QED) is 0.708. The van der Waals surface area contributed by atoms with Gasteiger partial charge in [-0.3, -0.25) is 9.59 Å². The number of hydrogen-bond donors (Lipinski definition) is 0. The van der Waals surface area contributed by atoms with Crippen LogP contribution in [-0.2, 0) is 14.3 Å². The van der Waals surface area contributed by atoms with Gasteiger partial charge in [0.25, 0.3) is 0 Å². The molecule has 4 heteroatoms. The highest BCUT2D eigenvalue weighted by molar-refractivity contribution is 5.79. The summed E-state index contributed by atoms with van der Waals surface area (Å²) in [4.78, 5) is 25.6. The Kier molecular flexibility index (Phi) is 6.16. The molecule has 0 N–H and O–H groups in total. The van der Waals surface area contributed by atoms with Crippen molar-refractivity contribution in [3.63, 3.8) is 0 Å². The first-order valence-electron chi connectivity index (χ1n) is 7.05. The first-order chi connectivity index (χ1) is 8.60. The maximum atomic E-state index is 12.1. The predicted molar refractivity (Wildman–Crippen MR) is 70.0 cm³/mol. The van der Waals surface area contributed by atoms with Crippen molar-refractivity contribution in [3.05, 3.63) is 0 Å². The minimum atomic E-state index is -0.105. The Bertz CT molecular complexity index is 283. The number of amides is 1. The molecule has 0 unspecified atom stereocenters. The molecule has 0 aliphatic carbocycles. The molecule has 0 bridgehead atoms. The largest absolute Gasteiger partial charge is 0.466 e. The Morgan fingerprint density at radius 2 is 1.89 bits per heavy atom. The maximum Gasteiger partial charge on any atom is 0.309 e. The molecule has 1 aliphatic heterocycles. The summed E-state index contributed by atoms with van der Waals surface area (Å²) < 4.78 is 5.02. The first-order valence-corrected chi connectivity index (χ1v) is 7.05. The lowest BCUT2D eigenvalue weighted by Gasteiger charge is -2.32. The minimum Gasteiger partial charge on any atom is -0.466 e. The van der Waals surface area contributed by atoms with Crippen molar-refractivity contribution in [3.8, 4) is 0 Å². The van der Waals surface area contributed by atoms with Gasteiger partial charge >= 0.3 is 5.97 Å². The van der Waals surface area contributed by atoms with Crippen LogP contribution >= 0.6 is 0 Å². The van der Waals surface area contributed by atoms with E-state index in [4.69, 9.17) is 4.74 Å². The van der Waals surface area contributed by atoms with Crippen LogP contribution in [0.4, 0.5) is 0 Å². The highest BCUT2D eigenvalue weighted by Crippen LogP contribution is 2.21. The second-order valence-electron chi connectivity index (χ2n) is 5.04. The fourth-order valence-electron chi connectivity index (χ4n) is 2.46. The predicted octanol–water partition coefficient (Wildman–Crippen LogP) is 2.22. The topological polar surface area (TPSA) is 46.6 Å². The van der Waals surface area contributed by atoms with E-state index in [2.05, 4.69) is 6.92 Å². The summed E-state index contributed by atoms with van der Waals surface area (Å²) in [6.45, 7) is 7.72. The van der Waals surface area contributed by atoms with Crippen molar-refractivity contribution in [2.75, 3.05) is 19.7 Å². The molecule has 0 saturated carbocycles. The zero-order valence-electron chi connectivity index (χ0n) is 11.8. The molecule has 1 atom stereocenters. The summed E-state index contributed by atoms with van der Waals surface area (Å²) in [6, 6.07) is 0. The Morgan fingerprint density at radius 1 is 1.28 bits per heavy atom. The fraction of sp³-hybridized carbons (Fsp3) is 0.857. The SMILES string of the molecule is CCC[C@@H](C)C(=O)N1CCC(C(=O)OCC)CC1.